The van der Waals surface area contributed by atoms with Gasteiger partial charge < -0.3 is 19.9 Å². The molecule has 30 heavy (non-hydrogen) atoms. The van der Waals surface area contributed by atoms with Crippen LogP contribution in [0.1, 0.15) is 48.3 Å². The lowest BCUT2D eigenvalue weighted by molar-refractivity contribution is -0.150. The Kier molecular flexibility index (Phi) is 6.87. The largest absolute Gasteiger partial charge is 0.459 e. The molecule has 0 aromatic heterocycles. The van der Waals surface area contributed by atoms with Gasteiger partial charge in [-0.15, -0.1) is 0 Å². The minimum Gasteiger partial charge on any atom is -0.459 e. The van der Waals surface area contributed by atoms with Crippen LogP contribution in [0.3, 0.4) is 0 Å². The molecular weight excluding hydrogens is 446 g/mol. The summed E-state index contributed by atoms with van der Waals surface area (Å²) in [5.74, 6) is 0.208. The van der Waals surface area contributed by atoms with Crippen molar-refractivity contribution in [2.24, 2.45) is 0 Å². The van der Waals surface area contributed by atoms with Crippen LogP contribution in [-0.2, 0) is 27.5 Å². The third kappa shape index (κ3) is 5.31. The van der Waals surface area contributed by atoms with Gasteiger partial charge in [0, 0.05) is 22.9 Å². The van der Waals surface area contributed by atoms with Crippen LogP contribution in [0.5, 0.6) is 0 Å². The van der Waals surface area contributed by atoms with E-state index in [1.165, 1.54) is 0 Å². The van der Waals surface area contributed by atoms with Crippen LogP contribution < -0.4 is 5.32 Å². The molecule has 2 aromatic carbocycles. The third-order valence-corrected chi connectivity index (χ3v) is 6.19. The summed E-state index contributed by atoms with van der Waals surface area (Å²) in [5.41, 5.74) is 2.98. The molecule has 2 N–H and O–H groups in total. The van der Waals surface area contributed by atoms with Gasteiger partial charge in [-0.25, -0.2) is 0 Å². The molecule has 158 valence electrons. The number of halogens is 1. The highest BCUT2D eigenvalue weighted by Gasteiger charge is 2.30. The van der Waals surface area contributed by atoms with Crippen LogP contribution in [0, 0.1) is 0 Å². The maximum absolute atomic E-state index is 12.7. The standard InChI is InChI=1S/C24H26BrNO4/c25-20-10-8-18(9-11-20)19-12-22(24(28)26-21-2-1-3-21)30-23(13-19)29-15-17-6-4-16(14-27)5-7-17/h4-12,19,21,23,27H,1-3,13-15H2,(H,26,28)/t19-,23+/m0/s1. The number of hydrogen-bond acceptors (Lipinski definition) is 4. The lowest BCUT2D eigenvalue weighted by Gasteiger charge is -2.31. The predicted octanol–water partition coefficient (Wildman–Crippen LogP) is 4.54. The Hall–Kier alpha value is -2.15. The molecule has 0 bridgehead atoms. The smallest absolute Gasteiger partial charge is 0.286 e. The Bertz CT molecular complexity index is 890. The van der Waals surface area contributed by atoms with Crippen LogP contribution in [0.15, 0.2) is 64.8 Å². The van der Waals surface area contributed by atoms with Gasteiger partial charge in [-0.05, 0) is 54.2 Å². The van der Waals surface area contributed by atoms with Crippen molar-refractivity contribution in [3.8, 4) is 0 Å². The maximum atomic E-state index is 12.7. The minimum atomic E-state index is -0.511. The summed E-state index contributed by atoms with van der Waals surface area (Å²) in [6, 6.07) is 16.0. The summed E-state index contributed by atoms with van der Waals surface area (Å²) in [6.07, 6.45) is 5.25. The van der Waals surface area contributed by atoms with Gasteiger partial charge in [0.2, 0.25) is 6.29 Å². The van der Waals surface area contributed by atoms with Gasteiger partial charge in [-0.3, -0.25) is 4.79 Å². The molecule has 1 heterocycles. The number of rotatable bonds is 7. The van der Waals surface area contributed by atoms with E-state index < -0.39 is 6.29 Å². The highest BCUT2D eigenvalue weighted by Crippen LogP contribution is 2.33. The van der Waals surface area contributed by atoms with Crippen LogP contribution in [0.25, 0.3) is 0 Å². The number of ether oxygens (including phenoxy) is 2. The molecule has 0 unspecified atom stereocenters. The summed E-state index contributed by atoms with van der Waals surface area (Å²) < 4.78 is 13.0. The van der Waals surface area contributed by atoms with Crippen LogP contribution >= 0.6 is 15.9 Å². The molecule has 0 radical (unpaired) electrons. The van der Waals surface area contributed by atoms with Gasteiger partial charge in [0.15, 0.2) is 5.76 Å². The van der Waals surface area contributed by atoms with Crippen molar-refractivity contribution in [1.82, 2.24) is 5.32 Å². The zero-order chi connectivity index (χ0) is 20.9. The van der Waals surface area contributed by atoms with E-state index in [9.17, 15) is 9.90 Å². The van der Waals surface area contributed by atoms with Gasteiger partial charge in [-0.2, -0.15) is 0 Å². The van der Waals surface area contributed by atoms with E-state index in [1.807, 2.05) is 42.5 Å². The van der Waals surface area contributed by atoms with Crippen molar-refractivity contribution < 1.29 is 19.4 Å². The SMILES string of the molecule is O=C(NC1CCC1)C1=C[C@H](c2ccc(Br)cc2)C[C@H](OCc2ccc(CO)cc2)O1. The Labute approximate surface area is 185 Å². The predicted molar refractivity (Wildman–Crippen MR) is 117 cm³/mol. The van der Waals surface area contributed by atoms with Crippen molar-refractivity contribution in [1.29, 1.82) is 0 Å². The Morgan fingerprint density at radius 3 is 2.43 bits per heavy atom. The van der Waals surface area contributed by atoms with Crippen molar-refractivity contribution in [2.75, 3.05) is 0 Å². The molecule has 6 heteroatoms. The van der Waals surface area contributed by atoms with Crippen molar-refractivity contribution in [3.05, 3.63) is 81.5 Å². The van der Waals surface area contributed by atoms with E-state index >= 15 is 0 Å². The number of aliphatic hydroxyl groups excluding tert-OH is 1. The van der Waals surface area contributed by atoms with Gasteiger partial charge in [0.05, 0.1) is 13.2 Å². The second-order valence-corrected chi connectivity index (χ2v) is 8.77. The first-order valence-corrected chi connectivity index (χ1v) is 11.1. The number of amides is 1. The van der Waals surface area contributed by atoms with Gasteiger partial charge in [-0.1, -0.05) is 52.3 Å². The molecule has 4 rings (SSSR count). The third-order valence-electron chi connectivity index (χ3n) is 5.66. The molecule has 0 saturated heterocycles. The van der Waals surface area contributed by atoms with Crippen LogP contribution in [0.4, 0.5) is 0 Å². The first kappa shape index (κ1) is 21.1. The van der Waals surface area contributed by atoms with Gasteiger partial charge in [0.1, 0.15) is 0 Å². The molecule has 1 aliphatic heterocycles. The van der Waals surface area contributed by atoms with Gasteiger partial charge in [0.25, 0.3) is 5.91 Å². The van der Waals surface area contributed by atoms with E-state index in [-0.39, 0.29) is 24.5 Å². The zero-order valence-electron chi connectivity index (χ0n) is 16.7. The zero-order valence-corrected chi connectivity index (χ0v) is 18.3. The van der Waals surface area contributed by atoms with Crippen molar-refractivity contribution >= 4 is 21.8 Å². The number of benzene rings is 2. The molecule has 0 spiro atoms. The van der Waals surface area contributed by atoms with Crippen LogP contribution in [0.2, 0.25) is 0 Å². The fourth-order valence-corrected chi connectivity index (χ4v) is 3.86. The van der Waals surface area contributed by atoms with Gasteiger partial charge >= 0.3 is 0 Å². The highest BCUT2D eigenvalue weighted by atomic mass is 79.9. The van der Waals surface area contributed by atoms with E-state index in [0.29, 0.717) is 18.8 Å². The van der Waals surface area contributed by atoms with E-state index in [4.69, 9.17) is 9.47 Å². The molecule has 1 amide bonds. The second-order valence-electron chi connectivity index (χ2n) is 7.86. The number of allylic oxidation sites excluding steroid dienone is 1. The fourth-order valence-electron chi connectivity index (χ4n) is 3.60. The van der Waals surface area contributed by atoms with E-state index in [2.05, 4.69) is 33.4 Å². The first-order chi connectivity index (χ1) is 14.6. The molecule has 2 atom stereocenters. The Morgan fingerprint density at radius 2 is 1.80 bits per heavy atom. The highest BCUT2D eigenvalue weighted by molar-refractivity contribution is 9.10. The summed E-state index contributed by atoms with van der Waals surface area (Å²) in [6.45, 7) is 0.396. The lowest BCUT2D eigenvalue weighted by atomic mass is 9.91. The quantitative estimate of drug-likeness (QED) is 0.621. The van der Waals surface area contributed by atoms with E-state index in [1.54, 1.807) is 0 Å². The Balaban J connectivity index is 1.46. The van der Waals surface area contributed by atoms with Crippen molar-refractivity contribution in [2.45, 2.75) is 57.1 Å². The molecule has 5 nitrogen and oxygen atoms in total. The number of aliphatic hydroxyl groups is 1. The number of carbonyl (C=O) groups excluding carboxylic acids is 1. The minimum absolute atomic E-state index is 0.0198. The summed E-state index contributed by atoms with van der Waals surface area (Å²) >= 11 is 3.47. The Morgan fingerprint density at radius 1 is 1.10 bits per heavy atom. The molecule has 2 aliphatic rings. The summed E-state index contributed by atoms with van der Waals surface area (Å²) in [4.78, 5) is 12.7. The molecule has 2 aromatic rings. The topological polar surface area (TPSA) is 67.8 Å². The van der Waals surface area contributed by atoms with E-state index in [0.717, 1.165) is 40.4 Å². The number of nitrogens with one attached hydrogen (secondary N) is 1. The number of carbonyl (C=O) groups is 1. The molecule has 1 saturated carbocycles. The first-order valence-electron chi connectivity index (χ1n) is 10.4. The molecule has 1 aliphatic carbocycles. The maximum Gasteiger partial charge on any atom is 0.286 e. The monoisotopic (exact) mass is 471 g/mol. The second kappa shape index (κ2) is 9.77. The van der Waals surface area contributed by atoms with Crippen LogP contribution in [-0.4, -0.2) is 23.3 Å². The number of hydrogen-bond donors (Lipinski definition) is 2. The summed E-state index contributed by atoms with van der Waals surface area (Å²) in [5, 5.41) is 12.2. The molecule has 1 fully saturated rings. The summed E-state index contributed by atoms with van der Waals surface area (Å²) in [7, 11) is 0. The average molecular weight is 472 g/mol. The van der Waals surface area contributed by atoms with Crippen molar-refractivity contribution in [3.63, 3.8) is 0 Å². The normalized spacial score (nSPS) is 21.3. The fraction of sp³-hybridized carbons (Fsp3) is 0.375. The average Bonchev–Trinajstić information content (AvgIpc) is 2.75. The molecular formula is C24H26BrNO4. The lowest BCUT2D eigenvalue weighted by Crippen LogP contribution is -2.42.